The molecule has 0 aliphatic carbocycles. The Morgan fingerprint density at radius 2 is 2.00 bits per heavy atom. The van der Waals surface area contributed by atoms with Crippen LogP contribution in [0.4, 0.5) is 5.69 Å². The van der Waals surface area contributed by atoms with Gasteiger partial charge < -0.3 is 10.2 Å². The van der Waals surface area contributed by atoms with E-state index in [1.54, 1.807) is 22.6 Å². The van der Waals surface area contributed by atoms with Crippen LogP contribution in [0.15, 0.2) is 12.1 Å². The van der Waals surface area contributed by atoms with E-state index in [0.29, 0.717) is 0 Å². The molecule has 0 aliphatic heterocycles. The van der Waals surface area contributed by atoms with Gasteiger partial charge in [-0.3, -0.25) is 10.1 Å². The molecule has 1 aromatic carbocycles. The van der Waals surface area contributed by atoms with Crippen molar-refractivity contribution >= 4 is 28.3 Å². The number of benzene rings is 1. The van der Waals surface area contributed by atoms with Gasteiger partial charge >= 0.3 is 0 Å². The molecule has 1 rings (SSSR count). The van der Waals surface area contributed by atoms with Crippen molar-refractivity contribution in [2.24, 2.45) is 0 Å². The number of non-ortho nitro benzene ring substituents is 1. The van der Waals surface area contributed by atoms with E-state index in [1.807, 2.05) is 0 Å². The lowest BCUT2D eigenvalue weighted by atomic mass is 10.3. The molecule has 0 unspecified atom stereocenters. The number of nitro benzene ring substituents is 1. The van der Waals surface area contributed by atoms with Gasteiger partial charge in [-0.05, 0) is 22.6 Å². The van der Waals surface area contributed by atoms with Crippen molar-refractivity contribution in [1.29, 1.82) is 0 Å². The molecule has 12 heavy (non-hydrogen) atoms. The summed E-state index contributed by atoms with van der Waals surface area (Å²) in [6.45, 7) is 0. The van der Waals surface area contributed by atoms with Crippen molar-refractivity contribution in [1.82, 2.24) is 0 Å². The SMILES string of the molecule is O=[N+]([O-])c1cc(O)c(O)c(I)c1. The summed E-state index contributed by atoms with van der Waals surface area (Å²) in [6.07, 6.45) is 0. The molecule has 5 nitrogen and oxygen atoms in total. The molecule has 0 atom stereocenters. The van der Waals surface area contributed by atoms with Crippen LogP contribution < -0.4 is 0 Å². The second kappa shape index (κ2) is 3.13. The minimum absolute atomic E-state index is 0.241. The minimum Gasteiger partial charge on any atom is -0.504 e. The van der Waals surface area contributed by atoms with Gasteiger partial charge in [0.15, 0.2) is 11.5 Å². The molecular formula is C6H4INO4. The van der Waals surface area contributed by atoms with Gasteiger partial charge in [-0.2, -0.15) is 0 Å². The summed E-state index contributed by atoms with van der Waals surface area (Å²) in [6, 6.07) is 2.08. The standard InChI is InChI=1S/C6H4INO4/c7-4-1-3(8(11)12)2-5(9)6(4)10/h1-2,9-10H. The Bertz CT molecular complexity index is 315. The Morgan fingerprint density at radius 1 is 1.42 bits per heavy atom. The smallest absolute Gasteiger partial charge is 0.274 e. The largest absolute Gasteiger partial charge is 0.504 e. The van der Waals surface area contributed by atoms with Gasteiger partial charge in [0.1, 0.15) is 0 Å². The van der Waals surface area contributed by atoms with E-state index >= 15 is 0 Å². The Labute approximate surface area is 80.9 Å². The first-order chi connectivity index (χ1) is 5.52. The van der Waals surface area contributed by atoms with E-state index in [4.69, 9.17) is 10.2 Å². The third-order valence-electron chi connectivity index (χ3n) is 1.24. The van der Waals surface area contributed by atoms with E-state index in [0.717, 1.165) is 6.07 Å². The first kappa shape index (κ1) is 9.04. The van der Waals surface area contributed by atoms with Crippen LogP contribution in [0.3, 0.4) is 0 Å². The van der Waals surface area contributed by atoms with Crippen LogP contribution in [-0.2, 0) is 0 Å². The van der Waals surface area contributed by atoms with E-state index < -0.39 is 10.7 Å². The van der Waals surface area contributed by atoms with Crippen molar-refractivity contribution in [3.05, 3.63) is 25.8 Å². The quantitative estimate of drug-likeness (QED) is 0.354. The fourth-order valence-corrected chi connectivity index (χ4v) is 1.27. The summed E-state index contributed by atoms with van der Waals surface area (Å²) >= 11 is 1.69. The molecule has 0 spiro atoms. The Kier molecular flexibility index (Phi) is 2.36. The number of phenols is 2. The highest BCUT2D eigenvalue weighted by atomic mass is 127. The minimum atomic E-state index is -0.638. The summed E-state index contributed by atoms with van der Waals surface area (Å²) in [5.74, 6) is -0.810. The van der Waals surface area contributed by atoms with Crippen molar-refractivity contribution in [3.8, 4) is 11.5 Å². The lowest BCUT2D eigenvalue weighted by Gasteiger charge is -1.99. The molecule has 0 aliphatic rings. The van der Waals surface area contributed by atoms with Crippen molar-refractivity contribution < 1.29 is 15.1 Å². The highest BCUT2D eigenvalue weighted by molar-refractivity contribution is 14.1. The van der Waals surface area contributed by atoms with Crippen LogP contribution in [0.25, 0.3) is 0 Å². The zero-order chi connectivity index (χ0) is 9.30. The molecule has 64 valence electrons. The van der Waals surface area contributed by atoms with E-state index in [1.165, 1.54) is 6.07 Å². The summed E-state index contributed by atoms with van der Waals surface area (Å²) in [5.41, 5.74) is -0.241. The summed E-state index contributed by atoms with van der Waals surface area (Å²) < 4.78 is 0.249. The molecule has 0 radical (unpaired) electrons. The number of nitrogens with zero attached hydrogens (tertiary/aromatic N) is 1. The monoisotopic (exact) mass is 281 g/mol. The van der Waals surface area contributed by atoms with Crippen LogP contribution in [0.2, 0.25) is 0 Å². The van der Waals surface area contributed by atoms with E-state index in [2.05, 4.69) is 0 Å². The second-order valence-corrected chi connectivity index (χ2v) is 3.21. The average Bonchev–Trinajstić information content (AvgIpc) is 1.99. The van der Waals surface area contributed by atoms with Crippen LogP contribution >= 0.6 is 22.6 Å². The molecule has 0 bridgehead atoms. The molecular weight excluding hydrogens is 277 g/mol. The summed E-state index contributed by atoms with van der Waals surface area (Å²) in [4.78, 5) is 9.59. The molecule has 6 heteroatoms. The average molecular weight is 281 g/mol. The van der Waals surface area contributed by atoms with Gasteiger partial charge in [-0.1, -0.05) is 0 Å². The number of hydrogen-bond donors (Lipinski definition) is 2. The van der Waals surface area contributed by atoms with Gasteiger partial charge in [0.25, 0.3) is 5.69 Å². The van der Waals surface area contributed by atoms with Crippen LogP contribution in [-0.4, -0.2) is 15.1 Å². The molecule has 0 aromatic heterocycles. The zero-order valence-corrected chi connectivity index (χ0v) is 7.85. The maximum absolute atomic E-state index is 10.2. The predicted molar refractivity (Wildman–Crippen MR) is 49.1 cm³/mol. The van der Waals surface area contributed by atoms with Crippen molar-refractivity contribution in [2.75, 3.05) is 0 Å². The van der Waals surface area contributed by atoms with Crippen LogP contribution in [0.1, 0.15) is 0 Å². The summed E-state index contributed by atoms with van der Waals surface area (Å²) in [5, 5.41) is 28.2. The predicted octanol–water partition coefficient (Wildman–Crippen LogP) is 1.61. The van der Waals surface area contributed by atoms with E-state index in [-0.39, 0.29) is 15.0 Å². The normalized spacial score (nSPS) is 9.75. The molecule has 0 saturated heterocycles. The maximum Gasteiger partial charge on any atom is 0.274 e. The number of phenolic OH excluding ortho intramolecular Hbond substituents is 2. The van der Waals surface area contributed by atoms with Gasteiger partial charge in [-0.25, -0.2) is 0 Å². The maximum atomic E-state index is 10.2. The fourth-order valence-electron chi connectivity index (χ4n) is 0.676. The summed E-state index contributed by atoms with van der Waals surface area (Å²) in [7, 11) is 0. The lowest BCUT2D eigenvalue weighted by molar-refractivity contribution is -0.385. The van der Waals surface area contributed by atoms with Crippen molar-refractivity contribution in [2.45, 2.75) is 0 Å². The highest BCUT2D eigenvalue weighted by Crippen LogP contribution is 2.33. The van der Waals surface area contributed by atoms with Crippen LogP contribution in [0.5, 0.6) is 11.5 Å². The lowest BCUT2D eigenvalue weighted by Crippen LogP contribution is -1.88. The third kappa shape index (κ3) is 1.58. The second-order valence-electron chi connectivity index (χ2n) is 2.05. The molecule has 0 fully saturated rings. The Balaban J connectivity index is 3.31. The molecule has 2 N–H and O–H groups in total. The molecule has 0 amide bonds. The Morgan fingerprint density at radius 3 is 2.42 bits per heavy atom. The zero-order valence-electron chi connectivity index (χ0n) is 5.69. The molecule has 1 aromatic rings. The van der Waals surface area contributed by atoms with E-state index in [9.17, 15) is 10.1 Å². The van der Waals surface area contributed by atoms with Gasteiger partial charge in [0, 0.05) is 6.07 Å². The first-order valence-corrected chi connectivity index (χ1v) is 3.96. The number of nitro groups is 1. The fraction of sp³-hybridized carbons (Fsp3) is 0. The molecule has 0 saturated carbocycles. The number of rotatable bonds is 1. The van der Waals surface area contributed by atoms with Gasteiger partial charge in [0.2, 0.25) is 0 Å². The number of hydrogen-bond acceptors (Lipinski definition) is 4. The van der Waals surface area contributed by atoms with Crippen molar-refractivity contribution in [3.63, 3.8) is 0 Å². The number of halogens is 1. The topological polar surface area (TPSA) is 83.6 Å². The van der Waals surface area contributed by atoms with Crippen LogP contribution in [0, 0.1) is 13.7 Å². The van der Waals surface area contributed by atoms with Gasteiger partial charge in [-0.15, -0.1) is 0 Å². The van der Waals surface area contributed by atoms with Gasteiger partial charge in [0.05, 0.1) is 14.6 Å². The third-order valence-corrected chi connectivity index (χ3v) is 2.06. The number of aromatic hydroxyl groups is 2. The first-order valence-electron chi connectivity index (χ1n) is 2.88. The highest BCUT2D eigenvalue weighted by Gasteiger charge is 2.13. The molecule has 0 heterocycles. The Hall–Kier alpha value is -1.05.